The van der Waals surface area contributed by atoms with E-state index in [0.29, 0.717) is 17.7 Å². The van der Waals surface area contributed by atoms with Gasteiger partial charge in [0.15, 0.2) is 0 Å². The molecule has 0 aromatic heterocycles. The quantitative estimate of drug-likeness (QED) is 0.203. The second-order valence-electron chi connectivity index (χ2n) is 10.7. The maximum Gasteiger partial charge on any atom is 0.264 e. The second-order valence-corrected chi connectivity index (χ2v) is 12.6. The highest BCUT2D eigenvalue weighted by Gasteiger charge is 2.35. The van der Waals surface area contributed by atoms with Crippen LogP contribution in [-0.4, -0.2) is 43.8 Å². The van der Waals surface area contributed by atoms with Gasteiger partial charge in [-0.1, -0.05) is 91.9 Å². The molecule has 0 aliphatic rings. The molecule has 0 unspecified atom stereocenters. The molecule has 0 heterocycles. The first-order valence-electron chi connectivity index (χ1n) is 14.6. The fourth-order valence-corrected chi connectivity index (χ4v) is 6.38. The largest absolute Gasteiger partial charge is 0.352 e. The number of anilines is 1. The summed E-state index contributed by atoms with van der Waals surface area (Å²) in [6, 6.07) is 28.9. The van der Waals surface area contributed by atoms with Crippen LogP contribution in [0.15, 0.2) is 114 Å². The molecule has 0 radical (unpaired) electrons. The lowest BCUT2D eigenvalue weighted by Crippen LogP contribution is -2.54. The lowest BCUT2D eigenvalue weighted by atomic mass is 10.0. The molecule has 0 saturated carbocycles. The maximum absolute atomic E-state index is 15.0. The fraction of sp³-hybridized carbons (Fsp3) is 0.257. The number of hydrogen-bond acceptors (Lipinski definition) is 4. The van der Waals surface area contributed by atoms with Crippen molar-refractivity contribution in [1.82, 2.24) is 10.2 Å². The Bertz CT molecular complexity index is 1670. The highest BCUT2D eigenvalue weighted by molar-refractivity contribution is 7.92. The third-order valence-corrected chi connectivity index (χ3v) is 9.34. The maximum atomic E-state index is 15.0. The van der Waals surface area contributed by atoms with E-state index in [1.165, 1.54) is 23.1 Å². The van der Waals surface area contributed by atoms with Crippen LogP contribution in [0.1, 0.15) is 37.0 Å². The van der Waals surface area contributed by atoms with Crippen molar-refractivity contribution in [1.29, 1.82) is 0 Å². The monoisotopic (exact) mass is 615 g/mol. The third-order valence-electron chi connectivity index (χ3n) is 7.56. The van der Waals surface area contributed by atoms with Gasteiger partial charge in [-0.2, -0.15) is 0 Å². The van der Waals surface area contributed by atoms with Crippen molar-refractivity contribution in [2.75, 3.05) is 10.8 Å². The van der Waals surface area contributed by atoms with E-state index >= 15 is 4.39 Å². The number of carbonyl (C=O) groups is 2. The van der Waals surface area contributed by atoms with Gasteiger partial charge in [-0.25, -0.2) is 12.8 Å². The minimum Gasteiger partial charge on any atom is -0.352 e. The summed E-state index contributed by atoms with van der Waals surface area (Å²) in [6.45, 7) is 4.74. The zero-order valence-electron chi connectivity index (χ0n) is 25.2. The van der Waals surface area contributed by atoms with Crippen LogP contribution in [0.5, 0.6) is 0 Å². The highest BCUT2D eigenvalue weighted by atomic mass is 32.2. The second kappa shape index (κ2) is 14.8. The molecule has 2 amide bonds. The lowest BCUT2D eigenvalue weighted by Gasteiger charge is -2.34. The summed E-state index contributed by atoms with van der Waals surface area (Å²) < 4.78 is 44.2. The van der Waals surface area contributed by atoms with Gasteiger partial charge in [0.2, 0.25) is 11.8 Å². The van der Waals surface area contributed by atoms with E-state index in [1.54, 1.807) is 67.6 Å². The van der Waals surface area contributed by atoms with Crippen molar-refractivity contribution in [2.45, 2.75) is 57.1 Å². The van der Waals surface area contributed by atoms with E-state index in [2.05, 4.69) is 5.32 Å². The van der Waals surface area contributed by atoms with Crippen LogP contribution in [0.2, 0.25) is 0 Å². The van der Waals surface area contributed by atoms with E-state index in [9.17, 15) is 18.0 Å². The number of sulfonamides is 1. The Morgan fingerprint density at radius 3 is 2.07 bits per heavy atom. The Morgan fingerprint density at radius 1 is 0.841 bits per heavy atom. The normalized spacial score (nSPS) is 12.6. The number of halogens is 1. The van der Waals surface area contributed by atoms with E-state index in [-0.39, 0.29) is 29.5 Å². The van der Waals surface area contributed by atoms with Gasteiger partial charge in [-0.3, -0.25) is 13.9 Å². The summed E-state index contributed by atoms with van der Waals surface area (Å²) in [4.78, 5) is 29.6. The smallest absolute Gasteiger partial charge is 0.264 e. The zero-order valence-corrected chi connectivity index (χ0v) is 26.0. The first-order chi connectivity index (χ1) is 21.1. The molecular formula is C35H38FN3O4S. The number of nitrogens with zero attached hydrogens (tertiary/aromatic N) is 2. The SMILES string of the molecule is CC[C@H](C)NC(=O)[C@H](Cc1ccccc1)N(Cc1ccccc1F)C(=O)CN(c1ccccc1C)S(=O)(=O)c1ccccc1. The van der Waals surface area contributed by atoms with Crippen LogP contribution in [0.4, 0.5) is 10.1 Å². The molecule has 2 atom stereocenters. The molecule has 4 rings (SSSR count). The fourth-order valence-electron chi connectivity index (χ4n) is 4.88. The van der Waals surface area contributed by atoms with Gasteiger partial charge in [0.05, 0.1) is 10.6 Å². The number of aryl methyl sites for hydroxylation is 1. The summed E-state index contributed by atoms with van der Waals surface area (Å²) >= 11 is 0. The van der Waals surface area contributed by atoms with Gasteiger partial charge in [0.1, 0.15) is 18.4 Å². The third kappa shape index (κ3) is 7.90. The van der Waals surface area contributed by atoms with Gasteiger partial charge < -0.3 is 10.2 Å². The molecule has 4 aromatic rings. The van der Waals surface area contributed by atoms with Crippen LogP contribution in [0, 0.1) is 12.7 Å². The molecular weight excluding hydrogens is 577 g/mol. The Hall–Kier alpha value is -4.50. The summed E-state index contributed by atoms with van der Waals surface area (Å²) in [7, 11) is -4.20. The van der Waals surface area contributed by atoms with Crippen molar-refractivity contribution in [3.05, 3.63) is 132 Å². The molecule has 7 nitrogen and oxygen atoms in total. The van der Waals surface area contributed by atoms with Crippen molar-refractivity contribution in [3.63, 3.8) is 0 Å². The van der Waals surface area contributed by atoms with Crippen LogP contribution in [-0.2, 0) is 32.6 Å². The van der Waals surface area contributed by atoms with Crippen molar-refractivity contribution < 1.29 is 22.4 Å². The molecule has 0 aliphatic carbocycles. The molecule has 9 heteroatoms. The number of para-hydroxylation sites is 1. The van der Waals surface area contributed by atoms with Gasteiger partial charge in [0, 0.05) is 24.6 Å². The molecule has 230 valence electrons. The average Bonchev–Trinajstić information content (AvgIpc) is 3.03. The van der Waals surface area contributed by atoms with E-state index < -0.39 is 40.2 Å². The van der Waals surface area contributed by atoms with Gasteiger partial charge in [-0.05, 0) is 55.7 Å². The number of benzene rings is 4. The highest BCUT2D eigenvalue weighted by Crippen LogP contribution is 2.28. The Balaban J connectivity index is 1.82. The van der Waals surface area contributed by atoms with E-state index in [1.807, 2.05) is 44.2 Å². The molecule has 1 N–H and O–H groups in total. The average molecular weight is 616 g/mol. The van der Waals surface area contributed by atoms with Crippen molar-refractivity contribution in [3.8, 4) is 0 Å². The summed E-state index contributed by atoms with van der Waals surface area (Å²) in [6.07, 6.45) is 0.820. The van der Waals surface area contributed by atoms with Crippen LogP contribution < -0.4 is 9.62 Å². The van der Waals surface area contributed by atoms with E-state index in [4.69, 9.17) is 0 Å². The summed E-state index contributed by atoms with van der Waals surface area (Å²) in [5.74, 6) is -1.57. The molecule has 0 saturated heterocycles. The Kier molecular flexibility index (Phi) is 10.9. The first kappa shape index (κ1) is 32.4. The number of rotatable bonds is 13. The zero-order chi connectivity index (χ0) is 31.7. The van der Waals surface area contributed by atoms with Crippen molar-refractivity contribution >= 4 is 27.5 Å². The first-order valence-corrected chi connectivity index (χ1v) is 16.1. The molecule has 0 bridgehead atoms. The Labute approximate surface area is 259 Å². The van der Waals surface area contributed by atoms with Crippen LogP contribution >= 0.6 is 0 Å². The predicted octanol–water partition coefficient (Wildman–Crippen LogP) is 5.88. The Morgan fingerprint density at radius 2 is 1.43 bits per heavy atom. The number of nitrogens with one attached hydrogen (secondary N) is 1. The molecule has 44 heavy (non-hydrogen) atoms. The van der Waals surface area contributed by atoms with E-state index in [0.717, 1.165) is 9.87 Å². The molecule has 0 fully saturated rings. The summed E-state index contributed by atoms with van der Waals surface area (Å²) in [5, 5.41) is 2.98. The van der Waals surface area contributed by atoms with Gasteiger partial charge >= 0.3 is 0 Å². The van der Waals surface area contributed by atoms with Gasteiger partial charge in [-0.15, -0.1) is 0 Å². The van der Waals surface area contributed by atoms with Crippen molar-refractivity contribution in [2.24, 2.45) is 0 Å². The topological polar surface area (TPSA) is 86.8 Å². The minimum absolute atomic E-state index is 0.0204. The summed E-state index contributed by atoms with van der Waals surface area (Å²) in [5.41, 5.74) is 1.99. The number of carbonyl (C=O) groups excluding carboxylic acids is 2. The number of hydrogen-bond donors (Lipinski definition) is 1. The molecule has 0 spiro atoms. The molecule has 4 aromatic carbocycles. The van der Waals surface area contributed by atoms with Crippen LogP contribution in [0.25, 0.3) is 0 Å². The predicted molar refractivity (Wildman–Crippen MR) is 171 cm³/mol. The standard InChI is InChI=1S/C35H38FN3O4S/c1-4-27(3)37-35(41)33(23-28-16-7-5-8-17-28)38(24-29-18-12-13-21-31(29)36)34(40)25-39(32-22-14-11-15-26(32)2)44(42,43)30-19-9-6-10-20-30/h5-22,27,33H,4,23-25H2,1-3H3,(H,37,41)/t27-,33-/m0/s1. The molecule has 0 aliphatic heterocycles. The number of amides is 2. The lowest BCUT2D eigenvalue weighted by molar-refractivity contribution is -0.140. The van der Waals surface area contributed by atoms with Crippen LogP contribution in [0.3, 0.4) is 0 Å². The van der Waals surface area contributed by atoms with Gasteiger partial charge in [0.25, 0.3) is 10.0 Å². The minimum atomic E-state index is -4.20.